The first kappa shape index (κ1) is 19.1. The fourth-order valence-corrected chi connectivity index (χ4v) is 2.66. The number of nitrogens with one attached hydrogen (secondary N) is 1. The topological polar surface area (TPSA) is 90.0 Å². The van der Waals surface area contributed by atoms with Crippen molar-refractivity contribution in [2.45, 2.75) is 6.92 Å². The number of aromatic nitrogens is 2. The number of benzene rings is 1. The Labute approximate surface area is 154 Å². The zero-order valence-electron chi connectivity index (χ0n) is 13.9. The SMILES string of the molecule is C=C/C=C(\C=C)NC(=O)c1c(N)ncn(-c2c(C)cc(F)cc2Cl)c1=O. The van der Waals surface area contributed by atoms with Crippen molar-refractivity contribution in [1.82, 2.24) is 14.9 Å². The van der Waals surface area contributed by atoms with Gasteiger partial charge in [-0.15, -0.1) is 0 Å². The maximum absolute atomic E-state index is 13.5. The number of aryl methyl sites for hydroxylation is 1. The second kappa shape index (κ2) is 7.79. The lowest BCUT2D eigenvalue weighted by atomic mass is 10.2. The zero-order valence-corrected chi connectivity index (χ0v) is 14.7. The lowest BCUT2D eigenvalue weighted by Gasteiger charge is -2.14. The van der Waals surface area contributed by atoms with Gasteiger partial charge < -0.3 is 11.1 Å². The monoisotopic (exact) mass is 374 g/mol. The van der Waals surface area contributed by atoms with Crippen LogP contribution in [0.1, 0.15) is 15.9 Å². The van der Waals surface area contributed by atoms with Crippen LogP contribution in [0.5, 0.6) is 0 Å². The molecule has 0 aliphatic heterocycles. The van der Waals surface area contributed by atoms with Crippen molar-refractivity contribution < 1.29 is 9.18 Å². The third kappa shape index (κ3) is 3.73. The number of rotatable bonds is 5. The molecule has 0 unspecified atom stereocenters. The molecule has 0 bridgehead atoms. The van der Waals surface area contributed by atoms with E-state index in [4.69, 9.17) is 17.3 Å². The molecule has 0 aliphatic carbocycles. The predicted octanol–water partition coefficient (Wildman–Crippen LogP) is 2.90. The van der Waals surface area contributed by atoms with E-state index in [1.807, 2.05) is 0 Å². The summed E-state index contributed by atoms with van der Waals surface area (Å²) < 4.78 is 14.5. The summed E-state index contributed by atoms with van der Waals surface area (Å²) in [5.74, 6) is -1.56. The van der Waals surface area contributed by atoms with Gasteiger partial charge in [0.05, 0.1) is 10.7 Å². The molecule has 3 N–H and O–H groups in total. The highest BCUT2D eigenvalue weighted by molar-refractivity contribution is 6.32. The molecule has 0 aliphatic rings. The van der Waals surface area contributed by atoms with Crippen molar-refractivity contribution in [1.29, 1.82) is 0 Å². The molecule has 8 heteroatoms. The van der Waals surface area contributed by atoms with Crippen LogP contribution in [0.15, 0.2) is 60.3 Å². The highest BCUT2D eigenvalue weighted by Gasteiger charge is 2.20. The smallest absolute Gasteiger partial charge is 0.273 e. The molecule has 2 aromatic rings. The van der Waals surface area contributed by atoms with Crippen LogP contribution in [0.25, 0.3) is 5.69 Å². The van der Waals surface area contributed by atoms with Crippen LogP contribution in [0, 0.1) is 12.7 Å². The third-order valence-corrected chi connectivity index (χ3v) is 3.75. The van der Waals surface area contributed by atoms with Crippen LogP contribution in [-0.4, -0.2) is 15.5 Å². The number of hydrogen-bond donors (Lipinski definition) is 2. The summed E-state index contributed by atoms with van der Waals surface area (Å²) in [4.78, 5) is 29.2. The summed E-state index contributed by atoms with van der Waals surface area (Å²) in [6.45, 7) is 8.65. The number of nitrogens with two attached hydrogens (primary N) is 1. The molecule has 0 saturated carbocycles. The quantitative estimate of drug-likeness (QED) is 0.787. The number of allylic oxidation sites excluding steroid dienone is 3. The summed E-state index contributed by atoms with van der Waals surface area (Å²) in [6, 6.07) is 2.28. The Morgan fingerprint density at radius 2 is 2.12 bits per heavy atom. The summed E-state index contributed by atoms with van der Waals surface area (Å²) in [6.07, 6.45) is 5.46. The van der Waals surface area contributed by atoms with Crippen molar-refractivity contribution in [2.75, 3.05) is 5.73 Å². The van der Waals surface area contributed by atoms with Crippen molar-refractivity contribution in [3.8, 4) is 5.69 Å². The van der Waals surface area contributed by atoms with Gasteiger partial charge in [0.2, 0.25) is 0 Å². The number of halogens is 2. The van der Waals surface area contributed by atoms with Crippen LogP contribution in [0.3, 0.4) is 0 Å². The van der Waals surface area contributed by atoms with Crippen LogP contribution < -0.4 is 16.6 Å². The minimum atomic E-state index is -0.766. The summed E-state index contributed by atoms with van der Waals surface area (Å²) >= 11 is 6.07. The molecule has 0 atom stereocenters. The Morgan fingerprint density at radius 1 is 1.42 bits per heavy atom. The highest BCUT2D eigenvalue weighted by atomic mass is 35.5. The van der Waals surface area contributed by atoms with E-state index in [0.717, 1.165) is 17.0 Å². The van der Waals surface area contributed by atoms with Gasteiger partial charge in [0.1, 0.15) is 23.5 Å². The number of nitrogen functional groups attached to an aromatic ring is 1. The van der Waals surface area contributed by atoms with Crippen LogP contribution in [0.4, 0.5) is 10.2 Å². The van der Waals surface area contributed by atoms with Gasteiger partial charge in [0.15, 0.2) is 0 Å². The standard InChI is InChI=1S/C18H16ClFN4O2/c1-4-6-12(5-2)23-17(25)14-16(21)22-9-24(18(14)26)15-10(3)7-11(20)8-13(15)19/h4-9H,1-2,21H2,3H3,(H,23,25)/b12-6+. The fraction of sp³-hybridized carbons (Fsp3) is 0.0556. The van der Waals surface area contributed by atoms with Gasteiger partial charge in [-0.3, -0.25) is 14.2 Å². The van der Waals surface area contributed by atoms with E-state index < -0.39 is 17.3 Å². The van der Waals surface area contributed by atoms with E-state index in [1.54, 1.807) is 6.92 Å². The molecular formula is C18H16ClFN4O2. The number of nitrogens with zero attached hydrogens (tertiary/aromatic N) is 2. The van der Waals surface area contributed by atoms with Gasteiger partial charge in [-0.2, -0.15) is 0 Å². The van der Waals surface area contributed by atoms with Crippen LogP contribution >= 0.6 is 11.6 Å². The molecule has 26 heavy (non-hydrogen) atoms. The second-order valence-electron chi connectivity index (χ2n) is 5.25. The lowest BCUT2D eigenvalue weighted by Crippen LogP contribution is -2.34. The molecule has 134 valence electrons. The summed E-state index contributed by atoms with van der Waals surface area (Å²) in [5, 5.41) is 2.49. The molecular weight excluding hydrogens is 359 g/mol. The molecule has 0 saturated heterocycles. The minimum absolute atomic E-state index is 0.000799. The van der Waals surface area contributed by atoms with Gasteiger partial charge >= 0.3 is 0 Å². The Kier molecular flexibility index (Phi) is 5.74. The maximum atomic E-state index is 13.5. The Bertz CT molecular complexity index is 972. The first-order chi connectivity index (χ1) is 12.3. The molecule has 2 rings (SSSR count). The van der Waals surface area contributed by atoms with Gasteiger partial charge in [-0.25, -0.2) is 9.37 Å². The van der Waals surface area contributed by atoms with Gasteiger partial charge in [0, 0.05) is 5.70 Å². The molecule has 1 aromatic heterocycles. The van der Waals surface area contributed by atoms with E-state index >= 15 is 0 Å². The van der Waals surface area contributed by atoms with Gasteiger partial charge in [-0.1, -0.05) is 30.8 Å². The number of anilines is 1. The first-order valence-corrected chi connectivity index (χ1v) is 7.77. The molecule has 0 radical (unpaired) electrons. The Morgan fingerprint density at radius 3 is 2.69 bits per heavy atom. The van der Waals surface area contributed by atoms with E-state index in [0.29, 0.717) is 11.3 Å². The van der Waals surface area contributed by atoms with Crippen molar-refractivity contribution in [2.24, 2.45) is 0 Å². The number of hydrogen-bond acceptors (Lipinski definition) is 4. The highest BCUT2D eigenvalue weighted by Crippen LogP contribution is 2.24. The van der Waals surface area contributed by atoms with Crippen molar-refractivity contribution in [3.63, 3.8) is 0 Å². The van der Waals surface area contributed by atoms with Gasteiger partial charge in [-0.05, 0) is 36.8 Å². The van der Waals surface area contributed by atoms with Crippen molar-refractivity contribution in [3.05, 3.63) is 87.9 Å². The fourth-order valence-electron chi connectivity index (χ4n) is 2.32. The molecule has 1 heterocycles. The summed E-state index contributed by atoms with van der Waals surface area (Å²) in [5.41, 5.74) is 5.54. The molecule has 0 fully saturated rings. The van der Waals surface area contributed by atoms with Gasteiger partial charge in [0.25, 0.3) is 11.5 Å². The number of carbonyl (C=O) groups is 1. The maximum Gasteiger partial charge on any atom is 0.273 e. The average molecular weight is 375 g/mol. The second-order valence-corrected chi connectivity index (χ2v) is 5.66. The molecule has 1 amide bonds. The molecule has 0 spiro atoms. The van der Waals surface area contributed by atoms with E-state index in [1.165, 1.54) is 24.3 Å². The Hall–Kier alpha value is -3.19. The van der Waals surface area contributed by atoms with Crippen LogP contribution in [-0.2, 0) is 0 Å². The van der Waals surface area contributed by atoms with E-state index in [-0.39, 0.29) is 22.1 Å². The Balaban J connectivity index is 2.62. The minimum Gasteiger partial charge on any atom is -0.383 e. The normalized spacial score (nSPS) is 11.1. The number of carbonyl (C=O) groups excluding carboxylic acids is 1. The molecule has 6 nitrogen and oxygen atoms in total. The number of amides is 1. The average Bonchev–Trinajstić information content (AvgIpc) is 2.55. The van der Waals surface area contributed by atoms with E-state index in [9.17, 15) is 14.0 Å². The molecule has 1 aromatic carbocycles. The third-order valence-electron chi connectivity index (χ3n) is 3.46. The van der Waals surface area contributed by atoms with Crippen LogP contribution in [0.2, 0.25) is 5.02 Å². The largest absolute Gasteiger partial charge is 0.383 e. The van der Waals surface area contributed by atoms with E-state index in [2.05, 4.69) is 23.5 Å². The zero-order chi connectivity index (χ0) is 19.4. The predicted molar refractivity (Wildman–Crippen MR) is 99.9 cm³/mol. The first-order valence-electron chi connectivity index (χ1n) is 7.39. The summed E-state index contributed by atoms with van der Waals surface area (Å²) in [7, 11) is 0. The van der Waals surface area contributed by atoms with Crippen molar-refractivity contribution >= 4 is 23.3 Å². The lowest BCUT2D eigenvalue weighted by molar-refractivity contribution is 0.0966.